The van der Waals surface area contributed by atoms with Gasteiger partial charge >= 0.3 is 0 Å². The van der Waals surface area contributed by atoms with Crippen LogP contribution in [0.2, 0.25) is 5.02 Å². The van der Waals surface area contributed by atoms with Crippen molar-refractivity contribution >= 4 is 28.8 Å². The largest absolute Gasteiger partial charge is 0.378 e. The maximum Gasteiger partial charge on any atom is 0.228 e. The second-order valence-electron chi connectivity index (χ2n) is 5.19. The summed E-state index contributed by atoms with van der Waals surface area (Å²) in [5, 5.41) is 7.67. The molecule has 0 saturated carbocycles. The molecule has 1 fully saturated rings. The van der Waals surface area contributed by atoms with E-state index in [-0.39, 0.29) is 5.91 Å². The Kier molecular flexibility index (Phi) is 4.46. The molecule has 1 aliphatic rings. The van der Waals surface area contributed by atoms with Crippen molar-refractivity contribution in [2.45, 2.75) is 20.3 Å². The molecule has 0 spiro atoms. The Balaban J connectivity index is 1.73. The van der Waals surface area contributed by atoms with Crippen molar-refractivity contribution in [2.24, 2.45) is 0 Å². The van der Waals surface area contributed by atoms with Crippen LogP contribution in [0, 0.1) is 13.8 Å². The number of thiazole rings is 1. The number of carbonyl (C=O) groups is 1. The molecule has 1 amide bonds. The lowest BCUT2D eigenvalue weighted by atomic mass is 10.3. The molecule has 22 heavy (non-hydrogen) atoms. The normalized spacial score (nSPS) is 15.3. The van der Waals surface area contributed by atoms with E-state index in [0.29, 0.717) is 37.7 Å². The Morgan fingerprint density at radius 1 is 1.41 bits per heavy atom. The van der Waals surface area contributed by atoms with Crippen LogP contribution >= 0.6 is 22.9 Å². The topological polar surface area (TPSA) is 60.2 Å². The van der Waals surface area contributed by atoms with Crippen LogP contribution in [-0.2, 0) is 16.0 Å². The number of ether oxygens (including phenoxy) is 1. The SMILES string of the molecule is Cc1nn(-c2nc(CC(=O)N3CCOCC3)cs2)c(C)c1Cl. The van der Waals surface area contributed by atoms with Gasteiger partial charge in [0.15, 0.2) is 0 Å². The summed E-state index contributed by atoms with van der Waals surface area (Å²) in [7, 11) is 0. The average Bonchev–Trinajstić information content (AvgIpc) is 3.08. The standard InChI is InChI=1S/C14H17ClN4O2S/c1-9-13(15)10(2)19(17-9)14-16-11(8-22-14)7-12(20)18-3-5-21-6-4-18/h8H,3-7H2,1-2H3. The first kappa shape index (κ1) is 15.5. The van der Waals surface area contributed by atoms with Crippen LogP contribution in [0.5, 0.6) is 0 Å². The lowest BCUT2D eigenvalue weighted by Gasteiger charge is -2.26. The number of nitrogens with zero attached hydrogens (tertiary/aromatic N) is 4. The summed E-state index contributed by atoms with van der Waals surface area (Å²) < 4.78 is 6.98. The summed E-state index contributed by atoms with van der Waals surface area (Å²) in [5.41, 5.74) is 2.40. The van der Waals surface area contributed by atoms with Crippen molar-refractivity contribution in [3.63, 3.8) is 0 Å². The van der Waals surface area contributed by atoms with Crippen molar-refractivity contribution < 1.29 is 9.53 Å². The van der Waals surface area contributed by atoms with E-state index in [1.165, 1.54) is 11.3 Å². The van der Waals surface area contributed by atoms with Gasteiger partial charge in [0, 0.05) is 18.5 Å². The monoisotopic (exact) mass is 340 g/mol. The van der Waals surface area contributed by atoms with E-state index in [4.69, 9.17) is 16.3 Å². The fourth-order valence-electron chi connectivity index (χ4n) is 2.36. The molecule has 0 aliphatic carbocycles. The lowest BCUT2D eigenvalue weighted by Crippen LogP contribution is -2.41. The number of aryl methyl sites for hydroxylation is 1. The van der Waals surface area contributed by atoms with E-state index in [9.17, 15) is 4.79 Å². The first-order valence-corrected chi connectivity index (χ1v) is 8.34. The minimum absolute atomic E-state index is 0.0894. The molecule has 0 atom stereocenters. The number of rotatable bonds is 3. The molecule has 0 bridgehead atoms. The molecule has 3 rings (SSSR count). The molecule has 0 unspecified atom stereocenters. The maximum atomic E-state index is 12.2. The van der Waals surface area contributed by atoms with Crippen LogP contribution in [0.3, 0.4) is 0 Å². The fourth-order valence-corrected chi connectivity index (χ4v) is 3.31. The van der Waals surface area contributed by atoms with Crippen molar-refractivity contribution in [3.05, 3.63) is 27.5 Å². The number of hydrogen-bond acceptors (Lipinski definition) is 5. The third kappa shape index (κ3) is 3.02. The highest BCUT2D eigenvalue weighted by Gasteiger charge is 2.19. The molecule has 2 aromatic rings. The van der Waals surface area contributed by atoms with Gasteiger partial charge in [-0.1, -0.05) is 11.6 Å². The van der Waals surface area contributed by atoms with Crippen LogP contribution in [0.15, 0.2) is 5.38 Å². The number of halogens is 1. The van der Waals surface area contributed by atoms with Crippen LogP contribution in [0.1, 0.15) is 17.1 Å². The van der Waals surface area contributed by atoms with Crippen molar-refractivity contribution in [1.82, 2.24) is 19.7 Å². The number of morpholine rings is 1. The molecule has 3 heterocycles. The van der Waals surface area contributed by atoms with Gasteiger partial charge in [0.25, 0.3) is 0 Å². The molecule has 8 heteroatoms. The highest BCUT2D eigenvalue weighted by molar-refractivity contribution is 7.12. The van der Waals surface area contributed by atoms with Gasteiger partial charge in [-0.2, -0.15) is 5.10 Å². The second-order valence-corrected chi connectivity index (χ2v) is 6.40. The molecule has 6 nitrogen and oxygen atoms in total. The number of carbonyl (C=O) groups excluding carboxylic acids is 1. The van der Waals surface area contributed by atoms with Crippen LogP contribution < -0.4 is 0 Å². The smallest absolute Gasteiger partial charge is 0.228 e. The number of hydrogen-bond donors (Lipinski definition) is 0. The van der Waals surface area contributed by atoms with Crippen LogP contribution in [0.25, 0.3) is 5.13 Å². The summed E-state index contributed by atoms with van der Waals surface area (Å²) in [6.07, 6.45) is 0.309. The highest BCUT2D eigenvalue weighted by Crippen LogP contribution is 2.24. The van der Waals surface area contributed by atoms with Gasteiger partial charge in [0.05, 0.1) is 41.7 Å². The van der Waals surface area contributed by atoms with Gasteiger partial charge in [-0.05, 0) is 13.8 Å². The molecule has 118 valence electrons. The van der Waals surface area contributed by atoms with E-state index in [1.54, 1.807) is 4.68 Å². The van der Waals surface area contributed by atoms with Gasteiger partial charge < -0.3 is 9.64 Å². The van der Waals surface area contributed by atoms with Crippen LogP contribution in [-0.4, -0.2) is 51.9 Å². The molecule has 0 aromatic carbocycles. The predicted molar refractivity (Wildman–Crippen MR) is 84.8 cm³/mol. The zero-order valence-electron chi connectivity index (χ0n) is 12.5. The predicted octanol–water partition coefficient (Wildman–Crippen LogP) is 2.00. The number of aromatic nitrogens is 3. The third-order valence-corrected chi connectivity index (χ3v) is 5.03. The van der Waals surface area contributed by atoms with E-state index in [1.807, 2.05) is 24.1 Å². The average molecular weight is 341 g/mol. The molecule has 1 saturated heterocycles. The Hall–Kier alpha value is -1.44. The molecular formula is C14H17ClN4O2S. The Morgan fingerprint density at radius 2 is 2.14 bits per heavy atom. The van der Waals surface area contributed by atoms with Gasteiger partial charge in [-0.3, -0.25) is 4.79 Å². The summed E-state index contributed by atoms with van der Waals surface area (Å²) in [6, 6.07) is 0. The Labute approximate surface area is 137 Å². The van der Waals surface area contributed by atoms with Gasteiger partial charge in [-0.15, -0.1) is 11.3 Å². The van der Waals surface area contributed by atoms with E-state index in [2.05, 4.69) is 10.1 Å². The molecule has 0 radical (unpaired) electrons. The van der Waals surface area contributed by atoms with E-state index >= 15 is 0 Å². The van der Waals surface area contributed by atoms with Gasteiger partial charge in [-0.25, -0.2) is 9.67 Å². The maximum absolute atomic E-state index is 12.2. The van der Waals surface area contributed by atoms with Gasteiger partial charge in [0.2, 0.25) is 11.0 Å². The zero-order valence-corrected chi connectivity index (χ0v) is 14.1. The highest BCUT2D eigenvalue weighted by atomic mass is 35.5. The van der Waals surface area contributed by atoms with E-state index < -0.39 is 0 Å². The van der Waals surface area contributed by atoms with Crippen molar-refractivity contribution in [1.29, 1.82) is 0 Å². The van der Waals surface area contributed by atoms with Crippen molar-refractivity contribution in [2.75, 3.05) is 26.3 Å². The Morgan fingerprint density at radius 3 is 2.77 bits per heavy atom. The molecule has 2 aromatic heterocycles. The first-order valence-electron chi connectivity index (χ1n) is 7.08. The number of amides is 1. The first-order chi connectivity index (χ1) is 10.6. The van der Waals surface area contributed by atoms with Crippen molar-refractivity contribution in [3.8, 4) is 5.13 Å². The van der Waals surface area contributed by atoms with Crippen LogP contribution in [0.4, 0.5) is 0 Å². The summed E-state index contributed by atoms with van der Waals surface area (Å²) in [6.45, 7) is 6.30. The summed E-state index contributed by atoms with van der Waals surface area (Å²) in [4.78, 5) is 18.6. The fraction of sp³-hybridized carbons (Fsp3) is 0.500. The molecule has 0 N–H and O–H groups in total. The minimum atomic E-state index is 0.0894. The summed E-state index contributed by atoms with van der Waals surface area (Å²) >= 11 is 7.62. The lowest BCUT2D eigenvalue weighted by molar-refractivity contribution is -0.134. The molecular weight excluding hydrogens is 324 g/mol. The summed E-state index contributed by atoms with van der Waals surface area (Å²) in [5.74, 6) is 0.0894. The third-order valence-electron chi connectivity index (χ3n) is 3.62. The quantitative estimate of drug-likeness (QED) is 0.857. The zero-order chi connectivity index (χ0) is 15.7. The minimum Gasteiger partial charge on any atom is -0.378 e. The van der Waals surface area contributed by atoms with Gasteiger partial charge in [0.1, 0.15) is 0 Å². The second kappa shape index (κ2) is 6.36. The molecule has 1 aliphatic heterocycles. The van der Waals surface area contributed by atoms with E-state index in [0.717, 1.165) is 22.2 Å². The Bertz CT molecular complexity index is 691.